The lowest BCUT2D eigenvalue weighted by Crippen LogP contribution is -2.15. The quantitative estimate of drug-likeness (QED) is 0.780. The van der Waals surface area contributed by atoms with E-state index < -0.39 is 0 Å². The number of rotatable bonds is 4. The second-order valence-corrected chi connectivity index (χ2v) is 6.38. The molecule has 0 bridgehead atoms. The van der Waals surface area contributed by atoms with Gasteiger partial charge in [-0.2, -0.15) is 5.10 Å². The van der Waals surface area contributed by atoms with Crippen molar-refractivity contribution < 1.29 is 4.79 Å². The van der Waals surface area contributed by atoms with Gasteiger partial charge in [-0.25, -0.2) is 4.68 Å². The largest absolute Gasteiger partial charge is 0.306 e. The summed E-state index contributed by atoms with van der Waals surface area (Å²) in [5, 5.41) is 7.79. The molecular formula is C20H20N4O. The fraction of sp³-hybridized carbons (Fsp3) is 0.250. The molecule has 5 nitrogen and oxygen atoms in total. The number of amides is 1. The molecule has 1 aliphatic rings. The second kappa shape index (κ2) is 6.89. The minimum atomic E-state index is -0.178. The molecule has 1 aromatic carbocycles. The maximum atomic E-state index is 12.5. The van der Waals surface area contributed by atoms with Crippen molar-refractivity contribution >= 4 is 11.7 Å². The Labute approximate surface area is 146 Å². The van der Waals surface area contributed by atoms with Gasteiger partial charge in [0, 0.05) is 24.4 Å². The molecule has 0 spiro atoms. The van der Waals surface area contributed by atoms with Crippen molar-refractivity contribution in [3.8, 4) is 5.69 Å². The van der Waals surface area contributed by atoms with Crippen molar-refractivity contribution in [2.24, 2.45) is 0 Å². The number of hydrogen-bond donors (Lipinski definition) is 1. The molecule has 126 valence electrons. The van der Waals surface area contributed by atoms with Gasteiger partial charge < -0.3 is 5.32 Å². The summed E-state index contributed by atoms with van der Waals surface area (Å²) in [5.74, 6) is 1.00. The molecule has 0 atom stereocenters. The van der Waals surface area contributed by atoms with Crippen LogP contribution in [-0.4, -0.2) is 20.7 Å². The zero-order valence-electron chi connectivity index (χ0n) is 13.9. The van der Waals surface area contributed by atoms with Crippen LogP contribution in [0.15, 0.2) is 60.9 Å². The van der Waals surface area contributed by atoms with Crippen molar-refractivity contribution in [2.45, 2.75) is 31.6 Å². The van der Waals surface area contributed by atoms with E-state index in [0.29, 0.717) is 17.3 Å². The van der Waals surface area contributed by atoms with Crippen LogP contribution in [0.4, 0.5) is 5.82 Å². The Morgan fingerprint density at radius 2 is 1.88 bits per heavy atom. The van der Waals surface area contributed by atoms with Crippen molar-refractivity contribution in [3.63, 3.8) is 0 Å². The van der Waals surface area contributed by atoms with Crippen molar-refractivity contribution in [1.29, 1.82) is 0 Å². The van der Waals surface area contributed by atoms with E-state index in [9.17, 15) is 4.79 Å². The summed E-state index contributed by atoms with van der Waals surface area (Å²) in [5.41, 5.74) is 2.53. The third-order valence-electron chi connectivity index (χ3n) is 4.67. The highest BCUT2D eigenvalue weighted by Gasteiger charge is 2.22. The standard InChI is InChI=1S/C20H20N4O/c25-20(16-9-6-12-21-14-16)22-19-13-18(15-7-4-5-8-15)23-24(19)17-10-2-1-3-11-17/h1-3,6,9-15H,4-5,7-8H2,(H,22,25). The number of anilines is 1. The molecule has 0 aliphatic heterocycles. The topological polar surface area (TPSA) is 59.8 Å². The highest BCUT2D eigenvalue weighted by molar-refractivity contribution is 6.03. The predicted octanol–water partition coefficient (Wildman–Crippen LogP) is 4.18. The van der Waals surface area contributed by atoms with E-state index in [-0.39, 0.29) is 5.91 Å². The Morgan fingerprint density at radius 1 is 1.08 bits per heavy atom. The first-order valence-corrected chi connectivity index (χ1v) is 8.68. The molecular weight excluding hydrogens is 312 g/mol. The van der Waals surface area contributed by atoms with Gasteiger partial charge in [0.15, 0.2) is 0 Å². The van der Waals surface area contributed by atoms with Crippen LogP contribution in [0, 0.1) is 0 Å². The molecule has 3 aromatic rings. The SMILES string of the molecule is O=C(Nc1cc(C2CCCC2)nn1-c1ccccc1)c1cccnc1. The van der Waals surface area contributed by atoms with Gasteiger partial charge in [-0.15, -0.1) is 0 Å². The van der Waals surface area contributed by atoms with Gasteiger partial charge in [0.2, 0.25) is 0 Å². The van der Waals surface area contributed by atoms with Gasteiger partial charge >= 0.3 is 0 Å². The first kappa shape index (κ1) is 15.6. The number of nitrogens with zero attached hydrogens (tertiary/aromatic N) is 3. The second-order valence-electron chi connectivity index (χ2n) is 6.38. The summed E-state index contributed by atoms with van der Waals surface area (Å²) < 4.78 is 1.82. The maximum Gasteiger partial charge on any atom is 0.258 e. The Morgan fingerprint density at radius 3 is 2.60 bits per heavy atom. The first-order chi connectivity index (χ1) is 12.3. The molecule has 4 rings (SSSR count). The first-order valence-electron chi connectivity index (χ1n) is 8.68. The van der Waals surface area contributed by atoms with E-state index >= 15 is 0 Å². The summed E-state index contributed by atoms with van der Waals surface area (Å²) in [6.45, 7) is 0. The van der Waals surface area contributed by atoms with Gasteiger partial charge in [0.1, 0.15) is 5.82 Å². The van der Waals surface area contributed by atoms with Gasteiger partial charge in [0.05, 0.1) is 16.9 Å². The number of carbonyl (C=O) groups is 1. The minimum absolute atomic E-state index is 0.178. The molecule has 1 amide bonds. The van der Waals surface area contributed by atoms with Crippen molar-refractivity contribution in [2.75, 3.05) is 5.32 Å². The monoisotopic (exact) mass is 332 g/mol. The van der Waals surface area contributed by atoms with Gasteiger partial charge in [-0.3, -0.25) is 9.78 Å². The van der Waals surface area contributed by atoms with Crippen LogP contribution in [0.5, 0.6) is 0 Å². The molecule has 1 fully saturated rings. The van der Waals surface area contributed by atoms with E-state index in [2.05, 4.69) is 10.3 Å². The maximum absolute atomic E-state index is 12.5. The smallest absolute Gasteiger partial charge is 0.258 e. The van der Waals surface area contributed by atoms with E-state index in [1.165, 1.54) is 25.7 Å². The molecule has 1 aliphatic carbocycles. The summed E-state index contributed by atoms with van der Waals surface area (Å²) in [7, 11) is 0. The molecule has 2 heterocycles. The van der Waals surface area contributed by atoms with Crippen LogP contribution in [-0.2, 0) is 0 Å². The number of benzene rings is 1. The molecule has 1 saturated carbocycles. The molecule has 0 radical (unpaired) electrons. The molecule has 0 saturated heterocycles. The van der Waals surface area contributed by atoms with Crippen molar-refractivity contribution in [3.05, 3.63) is 72.2 Å². The van der Waals surface area contributed by atoms with Crippen LogP contribution < -0.4 is 5.32 Å². The van der Waals surface area contributed by atoms with E-state index in [1.54, 1.807) is 24.5 Å². The van der Waals surface area contributed by atoms with E-state index in [1.807, 2.05) is 41.1 Å². The number of pyridine rings is 1. The number of hydrogen-bond acceptors (Lipinski definition) is 3. The molecule has 0 unspecified atom stereocenters. The molecule has 1 N–H and O–H groups in total. The number of aromatic nitrogens is 3. The number of carbonyl (C=O) groups excluding carboxylic acids is 1. The fourth-order valence-electron chi connectivity index (χ4n) is 3.36. The van der Waals surface area contributed by atoms with Crippen molar-refractivity contribution in [1.82, 2.24) is 14.8 Å². The zero-order valence-corrected chi connectivity index (χ0v) is 13.9. The fourth-order valence-corrected chi connectivity index (χ4v) is 3.36. The highest BCUT2D eigenvalue weighted by atomic mass is 16.1. The van der Waals surface area contributed by atoms with Gasteiger partial charge in [0.25, 0.3) is 5.91 Å². The summed E-state index contributed by atoms with van der Waals surface area (Å²) in [6, 6.07) is 15.4. The Balaban J connectivity index is 1.68. The third kappa shape index (κ3) is 3.31. The normalized spacial score (nSPS) is 14.6. The molecule has 25 heavy (non-hydrogen) atoms. The Bertz CT molecular complexity index is 852. The molecule has 5 heteroatoms. The highest BCUT2D eigenvalue weighted by Crippen LogP contribution is 2.35. The number of nitrogens with one attached hydrogen (secondary N) is 1. The lowest BCUT2D eigenvalue weighted by molar-refractivity contribution is 0.102. The summed E-state index contributed by atoms with van der Waals surface area (Å²) in [4.78, 5) is 16.5. The average Bonchev–Trinajstić information content (AvgIpc) is 3.33. The number of para-hydroxylation sites is 1. The van der Waals surface area contributed by atoms with Crippen LogP contribution in [0.3, 0.4) is 0 Å². The van der Waals surface area contributed by atoms with Crippen LogP contribution in [0.25, 0.3) is 5.69 Å². The lowest BCUT2D eigenvalue weighted by atomic mass is 10.0. The van der Waals surface area contributed by atoms with Crippen LogP contribution in [0.2, 0.25) is 0 Å². The third-order valence-corrected chi connectivity index (χ3v) is 4.67. The van der Waals surface area contributed by atoms with Gasteiger partial charge in [-0.05, 0) is 37.1 Å². The predicted molar refractivity (Wildman–Crippen MR) is 97.0 cm³/mol. The summed E-state index contributed by atoms with van der Waals surface area (Å²) in [6.07, 6.45) is 8.06. The average molecular weight is 332 g/mol. The van der Waals surface area contributed by atoms with Gasteiger partial charge in [-0.1, -0.05) is 31.0 Å². The lowest BCUT2D eigenvalue weighted by Gasteiger charge is -2.08. The molecule has 2 aromatic heterocycles. The zero-order chi connectivity index (χ0) is 17.1. The summed E-state index contributed by atoms with van der Waals surface area (Å²) >= 11 is 0. The van der Waals surface area contributed by atoms with Crippen LogP contribution in [0.1, 0.15) is 47.7 Å². The van der Waals surface area contributed by atoms with E-state index in [4.69, 9.17) is 5.10 Å². The Hall–Kier alpha value is -2.95. The van der Waals surface area contributed by atoms with E-state index in [0.717, 1.165) is 11.4 Å². The minimum Gasteiger partial charge on any atom is -0.306 e. The van der Waals surface area contributed by atoms with Crippen LogP contribution >= 0.6 is 0 Å². The Kier molecular flexibility index (Phi) is 4.29.